The van der Waals surface area contributed by atoms with Gasteiger partial charge in [-0.3, -0.25) is 9.59 Å². The van der Waals surface area contributed by atoms with Crippen LogP contribution in [-0.4, -0.2) is 53.8 Å². The molecule has 3 fully saturated rings. The van der Waals surface area contributed by atoms with E-state index in [1.807, 2.05) is 48.5 Å². The van der Waals surface area contributed by atoms with Crippen LogP contribution in [-0.2, 0) is 14.3 Å². The van der Waals surface area contributed by atoms with E-state index in [0.29, 0.717) is 46.6 Å². The molecular weight excluding hydrogens is 446 g/mol. The van der Waals surface area contributed by atoms with E-state index in [2.05, 4.69) is 10.5 Å². The molecule has 8 nitrogen and oxygen atoms in total. The Morgan fingerprint density at radius 1 is 1.06 bits per heavy atom. The maximum atomic E-state index is 13.7. The van der Waals surface area contributed by atoms with E-state index < -0.39 is 5.92 Å². The minimum atomic E-state index is -0.529. The lowest BCUT2D eigenvalue weighted by Gasteiger charge is -2.51. The number of amides is 1. The molecule has 8 heteroatoms. The number of piperidine rings is 3. The molecule has 3 saturated heterocycles. The van der Waals surface area contributed by atoms with Crippen molar-refractivity contribution in [1.29, 1.82) is 0 Å². The average molecular weight is 475 g/mol. The number of rotatable bonds is 5. The molecule has 1 aromatic heterocycles. The maximum Gasteiger partial charge on any atom is 0.318 e. The third-order valence-electron chi connectivity index (χ3n) is 7.60. The monoisotopic (exact) mass is 474 g/mol. The summed E-state index contributed by atoms with van der Waals surface area (Å²) in [6.45, 7) is 4.58. The largest absolute Gasteiger partial charge is 0.457 e. The Bertz CT molecular complexity index is 1230. The number of aromatic nitrogens is 1. The number of para-hydroxylation sites is 2. The number of quaternary nitrogens is 1. The number of nitrogens with one attached hydrogen (secondary N) is 1. The number of aryl methyl sites for hydroxylation is 1. The first kappa shape index (κ1) is 21.9. The highest BCUT2D eigenvalue weighted by atomic mass is 16.5. The van der Waals surface area contributed by atoms with Crippen LogP contribution in [0.5, 0.6) is 11.5 Å². The van der Waals surface area contributed by atoms with Gasteiger partial charge < -0.3 is 23.8 Å². The van der Waals surface area contributed by atoms with Gasteiger partial charge in [-0.2, -0.15) is 0 Å². The lowest BCUT2D eigenvalue weighted by molar-refractivity contribution is -0.938. The first-order valence-electron chi connectivity index (χ1n) is 12.1. The summed E-state index contributed by atoms with van der Waals surface area (Å²) in [6.07, 6.45) is 1.67. The molecule has 180 valence electrons. The number of benzene rings is 2. The van der Waals surface area contributed by atoms with E-state index in [4.69, 9.17) is 14.0 Å². The minimum absolute atomic E-state index is 0.101. The molecule has 0 saturated carbocycles. The van der Waals surface area contributed by atoms with Gasteiger partial charge in [-0.25, -0.2) is 0 Å². The van der Waals surface area contributed by atoms with Gasteiger partial charge in [-0.15, -0.1) is 0 Å². The summed E-state index contributed by atoms with van der Waals surface area (Å²) in [4.78, 5) is 26.4. The molecule has 0 aliphatic carbocycles. The highest BCUT2D eigenvalue weighted by molar-refractivity contribution is 5.90. The highest BCUT2D eigenvalue weighted by Crippen LogP contribution is 2.45. The molecule has 1 atom stereocenters. The zero-order valence-electron chi connectivity index (χ0n) is 19.6. The predicted octanol–water partition coefficient (Wildman–Crippen LogP) is 4.01. The van der Waals surface area contributed by atoms with E-state index in [1.165, 1.54) is 0 Å². The van der Waals surface area contributed by atoms with Crippen LogP contribution in [0.15, 0.2) is 59.1 Å². The average Bonchev–Trinajstić information content (AvgIpc) is 3.26. The second kappa shape index (κ2) is 8.53. The summed E-state index contributed by atoms with van der Waals surface area (Å²) in [7, 11) is 0. The van der Waals surface area contributed by atoms with Crippen LogP contribution >= 0.6 is 0 Å². The maximum absolute atomic E-state index is 13.7. The third-order valence-corrected chi connectivity index (χ3v) is 7.60. The number of hydrogen-bond donors (Lipinski definition) is 1. The quantitative estimate of drug-likeness (QED) is 0.444. The summed E-state index contributed by atoms with van der Waals surface area (Å²) < 4.78 is 17.9. The van der Waals surface area contributed by atoms with E-state index in [9.17, 15) is 9.59 Å². The van der Waals surface area contributed by atoms with Crippen molar-refractivity contribution >= 4 is 17.7 Å². The van der Waals surface area contributed by atoms with Crippen LogP contribution in [0.25, 0.3) is 0 Å². The Morgan fingerprint density at radius 3 is 2.34 bits per heavy atom. The standard InChI is InChI=1S/C27H27N3O5/c1-17-14-24(29-35-17)28-25(31)16-30-12-10-18(11-13-30)23(15-30)34-27(32)26-19-6-2-4-8-21(19)33-22-9-5-3-7-20(22)26/h2-9,14,18,23,26H,10-13,15-16H2,1H3/p+1. The van der Waals surface area contributed by atoms with Gasteiger partial charge in [0.2, 0.25) is 0 Å². The Kier molecular flexibility index (Phi) is 5.33. The van der Waals surface area contributed by atoms with E-state index >= 15 is 0 Å². The fourth-order valence-electron chi connectivity index (χ4n) is 5.87. The van der Waals surface area contributed by atoms with E-state index in [1.54, 1.807) is 13.0 Å². The Balaban J connectivity index is 1.19. The molecule has 35 heavy (non-hydrogen) atoms. The van der Waals surface area contributed by atoms with Gasteiger partial charge in [0.05, 0.1) is 13.1 Å². The topological polar surface area (TPSA) is 90.7 Å². The number of fused-ring (bicyclic) bond motifs is 5. The zero-order chi connectivity index (χ0) is 24.0. The summed E-state index contributed by atoms with van der Waals surface area (Å²) in [5.41, 5.74) is 1.65. The molecule has 0 spiro atoms. The second-order valence-corrected chi connectivity index (χ2v) is 9.92. The summed E-state index contributed by atoms with van der Waals surface area (Å²) in [6, 6.07) is 17.0. The zero-order valence-corrected chi connectivity index (χ0v) is 19.6. The number of hydrogen-bond acceptors (Lipinski definition) is 6. The van der Waals surface area contributed by atoms with Gasteiger partial charge in [-0.05, 0) is 19.1 Å². The van der Waals surface area contributed by atoms with Crippen LogP contribution in [0, 0.1) is 12.8 Å². The number of anilines is 1. The first-order chi connectivity index (χ1) is 17.0. The lowest BCUT2D eigenvalue weighted by atomic mass is 9.82. The number of carbonyl (C=O) groups is 2. The Morgan fingerprint density at radius 2 is 1.71 bits per heavy atom. The van der Waals surface area contributed by atoms with E-state index in [0.717, 1.165) is 37.1 Å². The fourth-order valence-corrected chi connectivity index (χ4v) is 5.87. The second-order valence-electron chi connectivity index (χ2n) is 9.92. The molecule has 1 N–H and O–H groups in total. The molecule has 1 amide bonds. The van der Waals surface area contributed by atoms with Gasteiger partial charge in [0.25, 0.3) is 5.91 Å². The van der Waals surface area contributed by atoms with E-state index in [-0.39, 0.29) is 18.0 Å². The minimum Gasteiger partial charge on any atom is -0.457 e. The molecular formula is C27H28N3O5+. The molecule has 3 aromatic rings. The Hall–Kier alpha value is -3.65. The van der Waals surface area contributed by atoms with Crippen LogP contribution in [0.3, 0.4) is 0 Å². The van der Waals surface area contributed by atoms with Crippen LogP contribution < -0.4 is 10.1 Å². The van der Waals surface area contributed by atoms with Crippen molar-refractivity contribution in [2.75, 3.05) is 31.5 Å². The van der Waals surface area contributed by atoms with Crippen LogP contribution in [0.4, 0.5) is 5.82 Å². The Labute approximate surface area is 203 Å². The normalized spacial score (nSPS) is 24.7. The third kappa shape index (κ3) is 4.08. The molecule has 4 aliphatic rings. The lowest BCUT2D eigenvalue weighted by Crippen LogP contribution is -2.66. The molecule has 5 heterocycles. The summed E-state index contributed by atoms with van der Waals surface area (Å²) in [5, 5.41) is 6.69. The highest BCUT2D eigenvalue weighted by Gasteiger charge is 2.49. The van der Waals surface area contributed by atoms with Gasteiger partial charge in [0.1, 0.15) is 29.7 Å². The smallest absolute Gasteiger partial charge is 0.318 e. The number of ether oxygens (including phenoxy) is 2. The van der Waals surface area contributed by atoms with Gasteiger partial charge >= 0.3 is 5.97 Å². The number of carbonyl (C=O) groups excluding carboxylic acids is 2. The van der Waals surface area contributed by atoms with Crippen molar-refractivity contribution in [2.24, 2.45) is 5.92 Å². The van der Waals surface area contributed by atoms with Crippen molar-refractivity contribution in [3.05, 3.63) is 71.5 Å². The predicted molar refractivity (Wildman–Crippen MR) is 127 cm³/mol. The molecule has 1 unspecified atom stereocenters. The molecule has 0 radical (unpaired) electrons. The fraction of sp³-hybridized carbons (Fsp3) is 0.370. The van der Waals surface area contributed by atoms with Crippen molar-refractivity contribution < 1.29 is 28.1 Å². The van der Waals surface area contributed by atoms with Crippen molar-refractivity contribution in [1.82, 2.24) is 5.16 Å². The van der Waals surface area contributed by atoms with Gasteiger partial charge in [-0.1, -0.05) is 41.6 Å². The van der Waals surface area contributed by atoms with Gasteiger partial charge in [0, 0.05) is 36.0 Å². The molecule has 2 aromatic carbocycles. The molecule has 7 rings (SSSR count). The molecule has 2 bridgehead atoms. The summed E-state index contributed by atoms with van der Waals surface area (Å²) in [5.74, 6) is 1.88. The van der Waals surface area contributed by atoms with Crippen molar-refractivity contribution in [3.8, 4) is 11.5 Å². The van der Waals surface area contributed by atoms with Crippen LogP contribution in [0.1, 0.15) is 35.6 Å². The van der Waals surface area contributed by atoms with Crippen LogP contribution in [0.2, 0.25) is 0 Å². The van der Waals surface area contributed by atoms with Crippen molar-refractivity contribution in [3.63, 3.8) is 0 Å². The van der Waals surface area contributed by atoms with Gasteiger partial charge in [0.15, 0.2) is 18.5 Å². The summed E-state index contributed by atoms with van der Waals surface area (Å²) >= 11 is 0. The SMILES string of the molecule is Cc1cc(NC(=O)C[N+]23CCC(CC2)C(OC(=O)C2c4ccccc4Oc4ccccc42)C3)no1. The number of esters is 1. The number of nitrogens with zero attached hydrogens (tertiary/aromatic N) is 2. The van der Waals surface area contributed by atoms with Crippen molar-refractivity contribution in [2.45, 2.75) is 31.8 Å². The first-order valence-corrected chi connectivity index (χ1v) is 12.1. The molecule has 4 aliphatic heterocycles.